The van der Waals surface area contributed by atoms with Gasteiger partial charge in [0.25, 0.3) is 0 Å². The van der Waals surface area contributed by atoms with Gasteiger partial charge in [-0.3, -0.25) is 0 Å². The molecule has 0 atom stereocenters. The number of amides is 2. The van der Waals surface area contributed by atoms with E-state index in [9.17, 15) is 9.90 Å². The van der Waals surface area contributed by atoms with Crippen molar-refractivity contribution < 1.29 is 9.90 Å². The van der Waals surface area contributed by atoms with E-state index in [-0.39, 0.29) is 18.2 Å². The van der Waals surface area contributed by atoms with Crippen molar-refractivity contribution in [2.45, 2.75) is 44.2 Å². The summed E-state index contributed by atoms with van der Waals surface area (Å²) >= 11 is 1.68. The van der Waals surface area contributed by atoms with Crippen molar-refractivity contribution in [3.8, 4) is 0 Å². The number of carbonyl (C=O) groups is 1. The molecule has 1 aliphatic carbocycles. The van der Waals surface area contributed by atoms with E-state index in [1.165, 1.54) is 5.56 Å². The molecule has 2 rings (SSSR count). The molecule has 4 nitrogen and oxygen atoms in total. The predicted octanol–water partition coefficient (Wildman–Crippen LogP) is 1.89. The lowest BCUT2D eigenvalue weighted by Crippen LogP contribution is -2.44. The third kappa shape index (κ3) is 4.31. The largest absolute Gasteiger partial charge is 0.393 e. The van der Waals surface area contributed by atoms with E-state index < -0.39 is 0 Å². The van der Waals surface area contributed by atoms with Gasteiger partial charge in [-0.1, -0.05) is 0 Å². The first-order valence-corrected chi connectivity index (χ1v) is 7.42. The van der Waals surface area contributed by atoms with Gasteiger partial charge in [-0.15, -0.1) is 0 Å². The Labute approximate surface area is 111 Å². The zero-order valence-electron chi connectivity index (χ0n) is 10.4. The lowest BCUT2D eigenvalue weighted by molar-refractivity contribution is 0.117. The van der Waals surface area contributed by atoms with Gasteiger partial charge in [0.2, 0.25) is 0 Å². The second-order valence-electron chi connectivity index (χ2n) is 4.79. The van der Waals surface area contributed by atoms with Crippen molar-refractivity contribution in [1.82, 2.24) is 10.6 Å². The standard InChI is InChI=1S/C13H20N2O2S/c16-12-3-1-11(2-4-12)15-13(17)14-7-5-10-6-8-18-9-10/h6,8-9,11-12,16H,1-5,7H2,(H2,14,15,17). The minimum atomic E-state index is -0.176. The molecule has 0 radical (unpaired) electrons. The Kier molecular flexibility index (Phi) is 5.01. The SMILES string of the molecule is O=C(NCCc1ccsc1)NC1CCC(O)CC1. The first kappa shape index (κ1) is 13.4. The maximum atomic E-state index is 11.6. The minimum absolute atomic E-state index is 0.0911. The molecule has 1 aromatic rings. The van der Waals surface area contributed by atoms with Gasteiger partial charge in [-0.25, -0.2) is 4.79 Å². The van der Waals surface area contributed by atoms with Crippen LogP contribution in [0.5, 0.6) is 0 Å². The molecule has 3 N–H and O–H groups in total. The highest BCUT2D eigenvalue weighted by atomic mass is 32.1. The molecule has 100 valence electrons. The summed E-state index contributed by atoms with van der Waals surface area (Å²) in [6.45, 7) is 0.665. The third-order valence-corrected chi connectivity index (χ3v) is 4.04. The van der Waals surface area contributed by atoms with Crippen LogP contribution in [0.2, 0.25) is 0 Å². The van der Waals surface area contributed by atoms with Crippen LogP contribution in [0.15, 0.2) is 16.8 Å². The number of aliphatic hydroxyl groups excluding tert-OH is 1. The Bertz CT molecular complexity index is 359. The van der Waals surface area contributed by atoms with Crippen LogP contribution < -0.4 is 10.6 Å². The monoisotopic (exact) mass is 268 g/mol. The van der Waals surface area contributed by atoms with Crippen LogP contribution >= 0.6 is 11.3 Å². The van der Waals surface area contributed by atoms with Gasteiger partial charge >= 0.3 is 6.03 Å². The van der Waals surface area contributed by atoms with Crippen LogP contribution in [0.3, 0.4) is 0 Å². The number of hydrogen-bond acceptors (Lipinski definition) is 3. The molecule has 2 amide bonds. The van der Waals surface area contributed by atoms with Gasteiger partial charge < -0.3 is 15.7 Å². The van der Waals surface area contributed by atoms with Crippen LogP contribution in [0, 0.1) is 0 Å². The summed E-state index contributed by atoms with van der Waals surface area (Å²) in [6, 6.07) is 2.20. The number of aliphatic hydroxyl groups is 1. The molecular formula is C13H20N2O2S. The average molecular weight is 268 g/mol. The summed E-state index contributed by atoms with van der Waals surface area (Å²) in [6.07, 6.45) is 4.03. The van der Waals surface area contributed by atoms with Gasteiger partial charge in [-0.05, 0) is 54.5 Å². The van der Waals surface area contributed by atoms with E-state index in [0.717, 1.165) is 32.1 Å². The second-order valence-corrected chi connectivity index (χ2v) is 5.57. The summed E-state index contributed by atoms with van der Waals surface area (Å²) in [5, 5.41) is 19.4. The van der Waals surface area contributed by atoms with Crippen molar-refractivity contribution in [3.05, 3.63) is 22.4 Å². The van der Waals surface area contributed by atoms with Gasteiger partial charge in [0.1, 0.15) is 0 Å². The zero-order valence-corrected chi connectivity index (χ0v) is 11.2. The van der Waals surface area contributed by atoms with Crippen molar-refractivity contribution in [1.29, 1.82) is 0 Å². The van der Waals surface area contributed by atoms with E-state index in [1.54, 1.807) is 11.3 Å². The molecular weight excluding hydrogens is 248 g/mol. The summed E-state index contributed by atoms with van der Waals surface area (Å²) < 4.78 is 0. The highest BCUT2D eigenvalue weighted by molar-refractivity contribution is 7.07. The Morgan fingerprint density at radius 2 is 2.17 bits per heavy atom. The van der Waals surface area contributed by atoms with Crippen LogP contribution in [0.1, 0.15) is 31.2 Å². The molecule has 1 heterocycles. The lowest BCUT2D eigenvalue weighted by atomic mass is 9.93. The van der Waals surface area contributed by atoms with Gasteiger partial charge in [0, 0.05) is 12.6 Å². The first-order valence-electron chi connectivity index (χ1n) is 6.47. The highest BCUT2D eigenvalue weighted by Gasteiger charge is 2.20. The van der Waals surface area contributed by atoms with E-state index in [1.807, 2.05) is 5.38 Å². The highest BCUT2D eigenvalue weighted by Crippen LogP contribution is 2.18. The number of thiophene rings is 1. The molecule has 0 spiro atoms. The summed E-state index contributed by atoms with van der Waals surface area (Å²) in [4.78, 5) is 11.6. The normalized spacial score (nSPS) is 23.6. The molecule has 1 aliphatic rings. The number of hydrogen-bond donors (Lipinski definition) is 3. The minimum Gasteiger partial charge on any atom is -0.393 e. The van der Waals surface area contributed by atoms with Crippen molar-refractivity contribution in [2.75, 3.05) is 6.54 Å². The quantitative estimate of drug-likeness (QED) is 0.781. The average Bonchev–Trinajstić information content (AvgIpc) is 2.85. The molecule has 5 heteroatoms. The molecule has 0 aliphatic heterocycles. The summed E-state index contributed by atoms with van der Waals surface area (Å²) in [5.74, 6) is 0. The predicted molar refractivity (Wildman–Crippen MR) is 72.8 cm³/mol. The fourth-order valence-corrected chi connectivity index (χ4v) is 2.91. The molecule has 0 bridgehead atoms. The first-order chi connectivity index (χ1) is 8.74. The van der Waals surface area contributed by atoms with E-state index >= 15 is 0 Å². The fraction of sp³-hybridized carbons (Fsp3) is 0.615. The Balaban J connectivity index is 1.60. The second kappa shape index (κ2) is 6.75. The summed E-state index contributed by atoms with van der Waals surface area (Å²) in [5.41, 5.74) is 1.26. The van der Waals surface area contributed by atoms with E-state index in [2.05, 4.69) is 22.1 Å². The maximum absolute atomic E-state index is 11.6. The Morgan fingerprint density at radius 3 is 2.83 bits per heavy atom. The topological polar surface area (TPSA) is 61.4 Å². The van der Waals surface area contributed by atoms with Gasteiger partial charge in [0.05, 0.1) is 6.10 Å². The third-order valence-electron chi connectivity index (χ3n) is 3.31. The smallest absolute Gasteiger partial charge is 0.315 e. The number of carbonyl (C=O) groups excluding carboxylic acids is 1. The van der Waals surface area contributed by atoms with Gasteiger partial charge in [-0.2, -0.15) is 11.3 Å². The van der Waals surface area contributed by atoms with E-state index in [0.29, 0.717) is 6.54 Å². The van der Waals surface area contributed by atoms with Crippen molar-refractivity contribution in [2.24, 2.45) is 0 Å². The van der Waals surface area contributed by atoms with Crippen molar-refractivity contribution in [3.63, 3.8) is 0 Å². The fourth-order valence-electron chi connectivity index (χ4n) is 2.21. The Morgan fingerprint density at radius 1 is 1.39 bits per heavy atom. The molecule has 0 unspecified atom stereocenters. The number of rotatable bonds is 4. The van der Waals surface area contributed by atoms with Gasteiger partial charge in [0.15, 0.2) is 0 Å². The Hall–Kier alpha value is -1.07. The van der Waals surface area contributed by atoms with Crippen LogP contribution in [-0.4, -0.2) is 29.8 Å². The van der Waals surface area contributed by atoms with Crippen LogP contribution in [0.25, 0.3) is 0 Å². The summed E-state index contributed by atoms with van der Waals surface area (Å²) in [7, 11) is 0. The molecule has 1 saturated carbocycles. The molecule has 0 saturated heterocycles. The molecule has 1 aromatic heterocycles. The van der Waals surface area contributed by atoms with Crippen molar-refractivity contribution >= 4 is 17.4 Å². The molecule has 18 heavy (non-hydrogen) atoms. The maximum Gasteiger partial charge on any atom is 0.315 e. The van der Waals surface area contributed by atoms with Crippen LogP contribution in [0.4, 0.5) is 4.79 Å². The zero-order chi connectivity index (χ0) is 12.8. The van der Waals surface area contributed by atoms with E-state index in [4.69, 9.17) is 0 Å². The number of nitrogens with one attached hydrogen (secondary N) is 2. The molecule has 0 aromatic carbocycles. The van der Waals surface area contributed by atoms with Crippen LogP contribution in [-0.2, 0) is 6.42 Å². The lowest BCUT2D eigenvalue weighted by Gasteiger charge is -2.26. The number of urea groups is 1. The molecule has 1 fully saturated rings.